The quantitative estimate of drug-likeness (QED) is 0.857. The summed E-state index contributed by atoms with van der Waals surface area (Å²) < 4.78 is 0. The van der Waals surface area contributed by atoms with Gasteiger partial charge in [0.1, 0.15) is 0 Å². The van der Waals surface area contributed by atoms with Gasteiger partial charge in [0.2, 0.25) is 0 Å². The number of fused-ring (bicyclic) bond motifs is 3. The molecule has 0 aromatic carbocycles. The van der Waals surface area contributed by atoms with Gasteiger partial charge in [-0.2, -0.15) is 0 Å². The van der Waals surface area contributed by atoms with Crippen LogP contribution in [0.2, 0.25) is 0 Å². The van der Waals surface area contributed by atoms with Gasteiger partial charge in [-0.25, -0.2) is 0 Å². The Kier molecular flexibility index (Phi) is 4.40. The second kappa shape index (κ2) is 5.94. The van der Waals surface area contributed by atoms with Gasteiger partial charge >= 0.3 is 0 Å². The zero-order valence-corrected chi connectivity index (χ0v) is 13.5. The predicted molar refractivity (Wildman–Crippen MR) is 84.7 cm³/mol. The van der Waals surface area contributed by atoms with Crippen LogP contribution in [0.4, 0.5) is 0 Å². The predicted octanol–water partition coefficient (Wildman–Crippen LogP) is 2.31. The molecule has 3 heterocycles. The summed E-state index contributed by atoms with van der Waals surface area (Å²) in [4.78, 5) is 5.38. The number of nitrogens with zero attached hydrogens (tertiary/aromatic N) is 2. The van der Waals surface area contributed by atoms with Crippen LogP contribution >= 0.6 is 0 Å². The Labute approximate surface area is 124 Å². The van der Waals surface area contributed by atoms with E-state index in [-0.39, 0.29) is 5.54 Å². The van der Waals surface area contributed by atoms with Gasteiger partial charge in [-0.15, -0.1) is 0 Å². The Morgan fingerprint density at radius 3 is 2.20 bits per heavy atom. The number of hydrogen-bond donors (Lipinski definition) is 1. The smallest absolute Gasteiger partial charge is 0.0487 e. The molecule has 0 aromatic heterocycles. The van der Waals surface area contributed by atoms with E-state index in [1.54, 1.807) is 0 Å². The number of likely N-dealkylation sites (N-methyl/N-ethyl adjacent to an activating group) is 1. The molecule has 2 bridgehead atoms. The highest BCUT2D eigenvalue weighted by Crippen LogP contribution is 2.41. The number of hydrogen-bond acceptors (Lipinski definition) is 3. The molecule has 3 heteroatoms. The van der Waals surface area contributed by atoms with Gasteiger partial charge in [0, 0.05) is 24.7 Å². The Balaban J connectivity index is 1.70. The van der Waals surface area contributed by atoms with Crippen molar-refractivity contribution in [2.24, 2.45) is 17.6 Å². The maximum absolute atomic E-state index is 6.32. The standard InChI is InChI=1S/C17H33N3/c1-3-14-4-6-16(7-5-14)19(2)17(12-18)13-20-10-8-15(17)9-11-20/h14-16H,3-13,18H2,1-2H3. The second-order valence-corrected chi connectivity index (χ2v) is 7.55. The van der Waals surface area contributed by atoms with Gasteiger partial charge < -0.3 is 10.6 Å². The van der Waals surface area contributed by atoms with Crippen molar-refractivity contribution in [3.05, 3.63) is 0 Å². The topological polar surface area (TPSA) is 32.5 Å². The van der Waals surface area contributed by atoms with Crippen LogP contribution in [0.3, 0.4) is 0 Å². The van der Waals surface area contributed by atoms with Gasteiger partial charge in [-0.3, -0.25) is 4.90 Å². The number of piperidine rings is 3. The fraction of sp³-hybridized carbons (Fsp3) is 1.00. The van der Waals surface area contributed by atoms with E-state index in [4.69, 9.17) is 5.73 Å². The molecule has 3 nitrogen and oxygen atoms in total. The zero-order chi connectivity index (χ0) is 14.2. The van der Waals surface area contributed by atoms with Crippen LogP contribution in [-0.4, -0.2) is 54.6 Å². The van der Waals surface area contributed by atoms with E-state index < -0.39 is 0 Å². The van der Waals surface area contributed by atoms with Crippen LogP contribution in [0.15, 0.2) is 0 Å². The highest BCUT2D eigenvalue weighted by atomic mass is 15.3. The van der Waals surface area contributed by atoms with E-state index >= 15 is 0 Å². The van der Waals surface area contributed by atoms with E-state index in [1.165, 1.54) is 64.6 Å². The summed E-state index contributed by atoms with van der Waals surface area (Å²) in [5.74, 6) is 1.83. The number of nitrogens with two attached hydrogens (primary N) is 1. The van der Waals surface area contributed by atoms with Crippen molar-refractivity contribution in [3.8, 4) is 0 Å². The lowest BCUT2D eigenvalue weighted by molar-refractivity contribution is -0.0799. The minimum Gasteiger partial charge on any atom is -0.329 e. The fourth-order valence-electron chi connectivity index (χ4n) is 5.22. The third-order valence-electron chi connectivity index (χ3n) is 6.84. The molecule has 3 saturated heterocycles. The lowest BCUT2D eigenvalue weighted by atomic mass is 9.70. The van der Waals surface area contributed by atoms with E-state index in [0.29, 0.717) is 0 Å². The molecule has 1 aliphatic carbocycles. The van der Waals surface area contributed by atoms with Crippen LogP contribution in [-0.2, 0) is 0 Å². The van der Waals surface area contributed by atoms with E-state index in [1.807, 2.05) is 0 Å². The van der Waals surface area contributed by atoms with Gasteiger partial charge in [0.25, 0.3) is 0 Å². The molecular weight excluding hydrogens is 246 g/mol. The average molecular weight is 279 g/mol. The highest BCUT2D eigenvalue weighted by Gasteiger charge is 2.49. The normalized spacial score (nSPS) is 45.0. The molecule has 4 rings (SSSR count). The first-order valence-electron chi connectivity index (χ1n) is 8.85. The first-order valence-corrected chi connectivity index (χ1v) is 8.85. The first-order chi connectivity index (χ1) is 9.69. The fourth-order valence-corrected chi connectivity index (χ4v) is 5.22. The molecule has 0 aromatic rings. The third kappa shape index (κ3) is 2.42. The summed E-state index contributed by atoms with van der Waals surface area (Å²) in [5, 5.41) is 0. The molecule has 20 heavy (non-hydrogen) atoms. The van der Waals surface area contributed by atoms with E-state index in [2.05, 4.69) is 23.8 Å². The number of rotatable bonds is 4. The summed E-state index contributed by atoms with van der Waals surface area (Å²) in [6.07, 6.45) is 9.75. The average Bonchev–Trinajstić information content (AvgIpc) is 2.55. The largest absolute Gasteiger partial charge is 0.329 e. The van der Waals surface area contributed by atoms with Crippen molar-refractivity contribution in [1.82, 2.24) is 9.80 Å². The van der Waals surface area contributed by atoms with E-state index in [0.717, 1.165) is 24.4 Å². The second-order valence-electron chi connectivity index (χ2n) is 7.55. The van der Waals surface area contributed by atoms with E-state index in [9.17, 15) is 0 Å². The summed E-state index contributed by atoms with van der Waals surface area (Å²) >= 11 is 0. The molecular formula is C17H33N3. The van der Waals surface area contributed by atoms with Gasteiger partial charge in [0.05, 0.1) is 0 Å². The van der Waals surface area contributed by atoms with Gasteiger partial charge in [-0.05, 0) is 70.5 Å². The Morgan fingerprint density at radius 1 is 1.10 bits per heavy atom. The van der Waals surface area contributed by atoms with Crippen molar-refractivity contribution >= 4 is 0 Å². The van der Waals surface area contributed by atoms with Crippen LogP contribution in [0.25, 0.3) is 0 Å². The molecule has 3 aliphatic heterocycles. The Hall–Kier alpha value is -0.120. The molecule has 4 fully saturated rings. The SMILES string of the molecule is CCC1CCC(N(C)C2(CN)CN3CCC2CC3)CC1. The molecule has 4 aliphatic rings. The monoisotopic (exact) mass is 279 g/mol. The molecule has 0 radical (unpaired) electrons. The summed E-state index contributed by atoms with van der Waals surface area (Å²) in [6, 6.07) is 0.780. The van der Waals surface area contributed by atoms with Crippen molar-refractivity contribution in [1.29, 1.82) is 0 Å². The first kappa shape index (κ1) is 14.8. The molecule has 2 N–H and O–H groups in total. The summed E-state index contributed by atoms with van der Waals surface area (Å²) in [5.41, 5.74) is 6.60. The van der Waals surface area contributed by atoms with Crippen LogP contribution in [0.5, 0.6) is 0 Å². The van der Waals surface area contributed by atoms with Crippen molar-refractivity contribution in [2.45, 2.75) is 63.5 Å². The minimum absolute atomic E-state index is 0.278. The Morgan fingerprint density at radius 2 is 1.75 bits per heavy atom. The molecule has 1 unspecified atom stereocenters. The molecule has 0 spiro atoms. The lowest BCUT2D eigenvalue weighted by Gasteiger charge is -2.59. The van der Waals surface area contributed by atoms with Crippen molar-refractivity contribution in [3.63, 3.8) is 0 Å². The maximum atomic E-state index is 6.32. The summed E-state index contributed by atoms with van der Waals surface area (Å²) in [7, 11) is 2.38. The van der Waals surface area contributed by atoms with Gasteiger partial charge in [0.15, 0.2) is 0 Å². The molecule has 1 saturated carbocycles. The Bertz CT molecular complexity index is 316. The molecule has 1 atom stereocenters. The third-order valence-corrected chi connectivity index (χ3v) is 6.84. The molecule has 0 amide bonds. The highest BCUT2D eigenvalue weighted by molar-refractivity contribution is 5.07. The van der Waals surface area contributed by atoms with Crippen LogP contribution < -0.4 is 5.73 Å². The lowest BCUT2D eigenvalue weighted by Crippen LogP contribution is -2.71. The zero-order valence-electron chi connectivity index (χ0n) is 13.5. The van der Waals surface area contributed by atoms with Crippen LogP contribution in [0.1, 0.15) is 51.9 Å². The summed E-state index contributed by atoms with van der Waals surface area (Å²) in [6.45, 7) is 7.03. The van der Waals surface area contributed by atoms with Crippen molar-refractivity contribution < 1.29 is 0 Å². The van der Waals surface area contributed by atoms with Gasteiger partial charge in [-0.1, -0.05) is 13.3 Å². The minimum atomic E-state index is 0.278. The van der Waals surface area contributed by atoms with Crippen molar-refractivity contribution in [2.75, 3.05) is 33.2 Å². The van der Waals surface area contributed by atoms with Crippen LogP contribution in [0, 0.1) is 11.8 Å². The molecule has 116 valence electrons. The maximum Gasteiger partial charge on any atom is 0.0487 e.